The maximum atomic E-state index is 12.3. The number of nitrogens with two attached hydrogens (primary N) is 1. The van der Waals surface area contributed by atoms with Crippen LogP contribution >= 0.6 is 0 Å². The van der Waals surface area contributed by atoms with Crippen molar-refractivity contribution in [2.75, 3.05) is 19.8 Å². The normalized spacial score (nSPS) is 14.4. The highest BCUT2D eigenvalue weighted by Crippen LogP contribution is 2.44. The summed E-state index contributed by atoms with van der Waals surface area (Å²) in [7, 11) is 0. The van der Waals surface area contributed by atoms with Crippen LogP contribution in [0.2, 0.25) is 0 Å². The zero-order chi connectivity index (χ0) is 19.4. The van der Waals surface area contributed by atoms with E-state index in [4.69, 9.17) is 15.2 Å². The summed E-state index contributed by atoms with van der Waals surface area (Å²) in [4.78, 5) is 12.3. The first-order valence-corrected chi connectivity index (χ1v) is 9.34. The molecule has 2 aromatic rings. The summed E-state index contributed by atoms with van der Waals surface area (Å²) in [6, 6.07) is 16.3. The monoisotopic (exact) mass is 368 g/mol. The van der Waals surface area contributed by atoms with Gasteiger partial charge in [0, 0.05) is 12.5 Å². The molecular formula is C22H28N2O3. The number of alkyl carbamates (subject to hydrolysis) is 1. The van der Waals surface area contributed by atoms with Crippen LogP contribution in [0.1, 0.15) is 37.8 Å². The summed E-state index contributed by atoms with van der Waals surface area (Å²) in [5.41, 5.74) is 10.3. The molecule has 0 fully saturated rings. The van der Waals surface area contributed by atoms with Gasteiger partial charge in [-0.3, -0.25) is 0 Å². The Morgan fingerprint density at radius 2 is 1.63 bits per heavy atom. The fourth-order valence-electron chi connectivity index (χ4n) is 3.33. The highest BCUT2D eigenvalue weighted by atomic mass is 16.5. The topological polar surface area (TPSA) is 73.6 Å². The molecule has 27 heavy (non-hydrogen) atoms. The number of rotatable bonds is 6. The van der Waals surface area contributed by atoms with Crippen molar-refractivity contribution in [2.24, 2.45) is 5.73 Å². The van der Waals surface area contributed by atoms with E-state index in [2.05, 4.69) is 29.6 Å². The van der Waals surface area contributed by atoms with Crippen molar-refractivity contribution in [3.63, 3.8) is 0 Å². The highest BCUT2D eigenvalue weighted by molar-refractivity contribution is 5.79. The Labute approximate surface area is 160 Å². The SMILES string of the molecule is CC(C)(C)OC[C@@H](CN)NC(=O)OCC1c2ccccc2-c2ccccc21. The molecule has 3 N–H and O–H groups in total. The Kier molecular flexibility index (Phi) is 5.82. The number of nitrogens with one attached hydrogen (secondary N) is 1. The van der Waals surface area contributed by atoms with Crippen LogP contribution in [0.5, 0.6) is 0 Å². The molecule has 1 atom stereocenters. The van der Waals surface area contributed by atoms with Gasteiger partial charge in [0.1, 0.15) is 6.61 Å². The zero-order valence-corrected chi connectivity index (χ0v) is 16.2. The lowest BCUT2D eigenvalue weighted by molar-refractivity contribution is -0.0134. The summed E-state index contributed by atoms with van der Waals surface area (Å²) in [6.45, 7) is 6.83. The van der Waals surface area contributed by atoms with Gasteiger partial charge in [-0.1, -0.05) is 48.5 Å². The smallest absolute Gasteiger partial charge is 0.407 e. The van der Waals surface area contributed by atoms with E-state index in [0.717, 1.165) is 0 Å². The fraction of sp³-hybridized carbons (Fsp3) is 0.409. The molecule has 1 aliphatic rings. The minimum Gasteiger partial charge on any atom is -0.449 e. The van der Waals surface area contributed by atoms with E-state index in [-0.39, 0.29) is 24.2 Å². The minimum absolute atomic E-state index is 0.0466. The van der Waals surface area contributed by atoms with Crippen molar-refractivity contribution in [2.45, 2.75) is 38.3 Å². The molecule has 3 rings (SSSR count). The van der Waals surface area contributed by atoms with Crippen LogP contribution in [0.3, 0.4) is 0 Å². The molecule has 1 amide bonds. The lowest BCUT2D eigenvalue weighted by atomic mass is 9.98. The summed E-state index contributed by atoms with van der Waals surface area (Å²) in [6.07, 6.45) is -0.468. The summed E-state index contributed by atoms with van der Waals surface area (Å²) in [5.74, 6) is 0.0466. The van der Waals surface area contributed by atoms with Gasteiger partial charge in [0.2, 0.25) is 0 Å². The van der Waals surface area contributed by atoms with Crippen molar-refractivity contribution in [1.82, 2.24) is 5.32 Å². The standard InChI is InChI=1S/C22H28N2O3/c1-22(2,3)27-13-15(12-23)24-21(25)26-14-20-18-10-6-4-8-16(18)17-9-5-7-11-19(17)20/h4-11,15,20H,12-14,23H2,1-3H3,(H,24,25)/t15-/m1/s1. The number of ether oxygens (including phenoxy) is 2. The van der Waals surface area contributed by atoms with E-state index >= 15 is 0 Å². The molecule has 0 unspecified atom stereocenters. The van der Waals surface area contributed by atoms with Gasteiger partial charge >= 0.3 is 6.09 Å². The van der Waals surface area contributed by atoms with Gasteiger partial charge in [-0.15, -0.1) is 0 Å². The largest absolute Gasteiger partial charge is 0.449 e. The molecule has 0 aromatic heterocycles. The maximum Gasteiger partial charge on any atom is 0.407 e. The van der Waals surface area contributed by atoms with Gasteiger partial charge in [0.15, 0.2) is 0 Å². The molecule has 0 heterocycles. The van der Waals surface area contributed by atoms with Crippen molar-refractivity contribution < 1.29 is 14.3 Å². The molecule has 0 aliphatic heterocycles. The highest BCUT2D eigenvalue weighted by Gasteiger charge is 2.29. The lowest BCUT2D eigenvalue weighted by Crippen LogP contribution is -2.45. The van der Waals surface area contributed by atoms with Crippen LogP contribution in [-0.4, -0.2) is 37.5 Å². The van der Waals surface area contributed by atoms with Crippen LogP contribution in [0, 0.1) is 0 Å². The molecule has 5 nitrogen and oxygen atoms in total. The summed E-state index contributed by atoms with van der Waals surface area (Å²) < 4.78 is 11.2. The Balaban J connectivity index is 1.62. The summed E-state index contributed by atoms with van der Waals surface area (Å²) in [5, 5.41) is 2.80. The van der Waals surface area contributed by atoms with E-state index in [1.807, 2.05) is 45.0 Å². The number of hydrogen-bond acceptors (Lipinski definition) is 4. The van der Waals surface area contributed by atoms with Crippen LogP contribution in [0.25, 0.3) is 11.1 Å². The van der Waals surface area contributed by atoms with Crippen molar-refractivity contribution in [3.8, 4) is 11.1 Å². The minimum atomic E-state index is -0.468. The van der Waals surface area contributed by atoms with Gasteiger partial charge in [-0.2, -0.15) is 0 Å². The first-order chi connectivity index (χ1) is 12.9. The predicted octanol–water partition coefficient (Wildman–Crippen LogP) is 3.67. The Morgan fingerprint density at radius 1 is 1.07 bits per heavy atom. The van der Waals surface area contributed by atoms with Crippen molar-refractivity contribution in [3.05, 3.63) is 59.7 Å². The third-order valence-corrected chi connectivity index (χ3v) is 4.67. The van der Waals surface area contributed by atoms with Gasteiger partial charge < -0.3 is 20.5 Å². The van der Waals surface area contributed by atoms with E-state index in [1.54, 1.807) is 0 Å². The van der Waals surface area contributed by atoms with Gasteiger partial charge in [0.25, 0.3) is 0 Å². The van der Waals surface area contributed by atoms with Crippen molar-refractivity contribution in [1.29, 1.82) is 0 Å². The molecule has 1 aliphatic carbocycles. The van der Waals surface area contributed by atoms with E-state index in [9.17, 15) is 4.79 Å². The molecule has 0 radical (unpaired) electrons. The van der Waals surface area contributed by atoms with Crippen molar-refractivity contribution >= 4 is 6.09 Å². The average molecular weight is 368 g/mol. The van der Waals surface area contributed by atoms with Gasteiger partial charge in [0.05, 0.1) is 18.2 Å². The second kappa shape index (κ2) is 8.11. The number of carbonyl (C=O) groups excluding carboxylic acids is 1. The Bertz CT molecular complexity index is 753. The quantitative estimate of drug-likeness (QED) is 0.816. The Hall–Kier alpha value is -2.37. The lowest BCUT2D eigenvalue weighted by Gasteiger charge is -2.24. The number of hydrogen-bond donors (Lipinski definition) is 2. The second-order valence-corrected chi connectivity index (χ2v) is 7.83. The molecule has 0 saturated carbocycles. The molecule has 144 valence electrons. The summed E-state index contributed by atoms with van der Waals surface area (Å²) >= 11 is 0. The van der Waals surface area contributed by atoms with Crippen LogP contribution in [-0.2, 0) is 9.47 Å². The maximum absolute atomic E-state index is 12.3. The first kappa shape index (κ1) is 19.4. The number of benzene rings is 2. The van der Waals surface area contributed by atoms with Crippen LogP contribution < -0.4 is 11.1 Å². The van der Waals surface area contributed by atoms with Gasteiger partial charge in [-0.05, 0) is 43.0 Å². The number of amides is 1. The predicted molar refractivity (Wildman–Crippen MR) is 107 cm³/mol. The average Bonchev–Trinajstić information content (AvgIpc) is 2.97. The molecule has 0 spiro atoms. The van der Waals surface area contributed by atoms with E-state index in [0.29, 0.717) is 13.2 Å². The van der Waals surface area contributed by atoms with Crippen LogP contribution in [0.15, 0.2) is 48.5 Å². The number of carbonyl (C=O) groups is 1. The number of fused-ring (bicyclic) bond motifs is 3. The fourth-order valence-corrected chi connectivity index (χ4v) is 3.33. The Morgan fingerprint density at radius 3 is 2.15 bits per heavy atom. The second-order valence-electron chi connectivity index (χ2n) is 7.83. The molecule has 0 saturated heterocycles. The van der Waals surface area contributed by atoms with Gasteiger partial charge in [-0.25, -0.2) is 4.79 Å². The molecular weight excluding hydrogens is 340 g/mol. The first-order valence-electron chi connectivity index (χ1n) is 9.34. The van der Waals surface area contributed by atoms with Crippen LogP contribution in [0.4, 0.5) is 4.79 Å². The van der Waals surface area contributed by atoms with E-state index in [1.165, 1.54) is 22.3 Å². The molecule has 0 bridgehead atoms. The third kappa shape index (κ3) is 4.67. The molecule has 2 aromatic carbocycles. The zero-order valence-electron chi connectivity index (χ0n) is 16.2. The third-order valence-electron chi connectivity index (χ3n) is 4.67. The van der Waals surface area contributed by atoms with E-state index < -0.39 is 6.09 Å². The molecule has 5 heteroatoms.